The van der Waals surface area contributed by atoms with E-state index >= 15 is 0 Å². The van der Waals surface area contributed by atoms with E-state index in [0.717, 1.165) is 0 Å². The van der Waals surface area contributed by atoms with E-state index in [1.807, 2.05) is 0 Å². The lowest BCUT2D eigenvalue weighted by molar-refractivity contribution is -0.135. The Morgan fingerprint density at radius 1 is 0.400 bits per heavy atom. The van der Waals surface area contributed by atoms with Crippen LogP contribution in [0.1, 0.15) is 52.6 Å². The molecule has 0 amide bonds. The van der Waals surface area contributed by atoms with Gasteiger partial charge >= 0.3 is 35.8 Å². The number of Topliss-reactive ketones (excluding diaryl/α,β-unsaturated/α-hetero) is 1. The van der Waals surface area contributed by atoms with Crippen molar-refractivity contribution < 1.29 is 64.2 Å². The minimum atomic E-state index is -3.47. The molecular weight excluding hydrogens is 780 g/mol. The second-order valence-corrected chi connectivity index (χ2v) is 11.4. The molecule has 45 heavy (non-hydrogen) atoms. The van der Waals surface area contributed by atoms with Crippen LogP contribution in [0.2, 0.25) is 30.1 Å². The minimum absolute atomic E-state index is 1.14. The number of carboxylic acids is 6. The molecule has 0 saturated carbocycles. The van der Waals surface area contributed by atoms with E-state index in [9.17, 15) is 64.2 Å². The van der Waals surface area contributed by atoms with Crippen molar-refractivity contribution in [3.63, 3.8) is 0 Å². The molecule has 0 unspecified atom stereocenters. The lowest BCUT2D eigenvalue weighted by Gasteiger charge is -2.41. The molecule has 0 atom stereocenters. The van der Waals surface area contributed by atoms with Gasteiger partial charge in [-0.15, -0.1) is 0 Å². The van der Waals surface area contributed by atoms with E-state index in [4.69, 9.17) is 92.8 Å². The van der Waals surface area contributed by atoms with Crippen LogP contribution >= 0.6 is 92.8 Å². The summed E-state index contributed by atoms with van der Waals surface area (Å²) in [7, 11) is 0. The monoisotopic (exact) mass is 782 g/mol. The zero-order chi connectivity index (χ0) is 34.8. The van der Waals surface area contributed by atoms with Crippen molar-refractivity contribution in [1.29, 1.82) is 0 Å². The fraction of sp³-hybridized carbons (Fsp3) is 0.0417. The molecule has 0 radical (unpaired) electrons. The normalized spacial score (nSPS) is 14.4. The Labute approximate surface area is 287 Å². The number of aromatic carboxylic acids is 4. The summed E-state index contributed by atoms with van der Waals surface area (Å²) in [6.07, 6.45) is 0. The van der Waals surface area contributed by atoms with Crippen molar-refractivity contribution in [3.05, 3.63) is 84.7 Å². The van der Waals surface area contributed by atoms with Gasteiger partial charge in [0.05, 0.1) is 67.9 Å². The molecule has 3 rings (SSSR count). The summed E-state index contributed by atoms with van der Waals surface area (Å²) in [6.45, 7) is 0. The molecule has 0 spiro atoms. The second-order valence-electron chi connectivity index (χ2n) is 8.42. The highest BCUT2D eigenvalue weighted by Crippen LogP contribution is 2.62. The number of hydrogen-bond acceptors (Lipinski definition) is 7. The van der Waals surface area contributed by atoms with Crippen LogP contribution in [-0.4, -0.2) is 72.2 Å². The fourth-order valence-corrected chi connectivity index (χ4v) is 8.07. The summed E-state index contributed by atoms with van der Waals surface area (Å²) in [5.41, 5.74) is -14.5. The van der Waals surface area contributed by atoms with Crippen molar-refractivity contribution in [2.45, 2.75) is 5.41 Å². The average Bonchev–Trinajstić information content (AvgIpc) is 2.85. The lowest BCUT2D eigenvalue weighted by atomic mass is 9.66. The van der Waals surface area contributed by atoms with Gasteiger partial charge in [0.1, 0.15) is 11.1 Å². The highest BCUT2D eigenvalue weighted by atomic mass is 35.5. The molecule has 1 aliphatic rings. The van der Waals surface area contributed by atoms with Crippen LogP contribution in [0.25, 0.3) is 0 Å². The van der Waals surface area contributed by atoms with Gasteiger partial charge in [0.15, 0.2) is 0 Å². The Hall–Kier alpha value is -3.27. The molecule has 0 fully saturated rings. The highest BCUT2D eigenvalue weighted by molar-refractivity contribution is 6.53. The van der Waals surface area contributed by atoms with Crippen LogP contribution in [0.4, 0.5) is 0 Å². The third-order valence-corrected chi connectivity index (χ3v) is 9.43. The molecule has 0 aliphatic heterocycles. The van der Waals surface area contributed by atoms with E-state index in [1.54, 1.807) is 0 Å². The van der Waals surface area contributed by atoms with Crippen LogP contribution in [0.15, 0.2) is 21.2 Å². The molecule has 1 aliphatic carbocycles. The standard InChI is InChI=1S/C24H6Cl8O13/c25-9-1(18(34)35)11(27)7(12(28)2(9)19(36)37)24(16(31)5(22(42)43)15(33)6(17(24)32)23(44)45)8-13(29)3(20(38)39)10(26)4(14(8)30)21(40)41/h(H,34,35)(H,36,37)(H,38,39)(H,40,41)(H,42,43)(H,44,45). The molecule has 236 valence electrons. The van der Waals surface area contributed by atoms with E-state index in [2.05, 4.69) is 0 Å². The largest absolute Gasteiger partial charge is 0.478 e. The van der Waals surface area contributed by atoms with Crippen molar-refractivity contribution in [1.82, 2.24) is 0 Å². The summed E-state index contributed by atoms with van der Waals surface area (Å²) >= 11 is 50.6. The molecule has 0 heterocycles. The van der Waals surface area contributed by atoms with Crippen LogP contribution in [0.3, 0.4) is 0 Å². The topological polar surface area (TPSA) is 241 Å². The first-order chi connectivity index (χ1) is 20.6. The zero-order valence-corrected chi connectivity index (χ0v) is 26.6. The predicted octanol–water partition coefficient (Wildman–Crippen LogP) is 6.42. The highest BCUT2D eigenvalue weighted by Gasteiger charge is 2.57. The maximum absolute atomic E-state index is 13.1. The summed E-state index contributed by atoms with van der Waals surface area (Å²) in [6, 6.07) is 0. The molecule has 0 bridgehead atoms. The Balaban J connectivity index is 3.09. The molecule has 13 nitrogen and oxygen atoms in total. The number of carbonyl (C=O) groups is 7. The van der Waals surface area contributed by atoms with E-state index in [1.165, 1.54) is 0 Å². The molecular formula is C24H6Cl8O13. The Morgan fingerprint density at radius 2 is 0.622 bits per heavy atom. The number of ketones is 1. The summed E-state index contributed by atoms with van der Waals surface area (Å²) < 4.78 is 0. The van der Waals surface area contributed by atoms with Crippen LogP contribution in [-0.2, 0) is 19.8 Å². The second kappa shape index (κ2) is 12.5. The number of allylic oxidation sites excluding steroid dienone is 2. The maximum atomic E-state index is 13.1. The lowest BCUT2D eigenvalue weighted by Crippen LogP contribution is -2.41. The van der Waals surface area contributed by atoms with Crippen molar-refractivity contribution in [2.75, 3.05) is 0 Å². The summed E-state index contributed by atoms with van der Waals surface area (Å²) in [4.78, 5) is 87.0. The minimum Gasteiger partial charge on any atom is -0.478 e. The molecule has 0 aromatic heterocycles. The number of aliphatic carboxylic acids is 2. The van der Waals surface area contributed by atoms with Gasteiger partial charge < -0.3 is 30.6 Å². The summed E-state index contributed by atoms with van der Waals surface area (Å²) in [5, 5.41) is 49.2. The van der Waals surface area contributed by atoms with Crippen molar-refractivity contribution >= 4 is 134 Å². The van der Waals surface area contributed by atoms with Crippen LogP contribution in [0.5, 0.6) is 0 Å². The third kappa shape index (κ3) is 5.17. The van der Waals surface area contributed by atoms with E-state index in [0.29, 0.717) is 0 Å². The van der Waals surface area contributed by atoms with Gasteiger partial charge in [0.25, 0.3) is 0 Å². The first-order valence-electron chi connectivity index (χ1n) is 10.8. The number of rotatable bonds is 8. The average molecular weight is 786 g/mol. The Bertz CT molecular complexity index is 1710. The number of benzene rings is 2. The maximum Gasteiger partial charge on any atom is 0.340 e. The first kappa shape index (κ1) is 36.2. The third-order valence-electron chi connectivity index (χ3n) is 6.22. The zero-order valence-electron chi connectivity index (χ0n) is 20.6. The Kier molecular flexibility index (Phi) is 10.1. The molecule has 2 aromatic rings. The van der Waals surface area contributed by atoms with Gasteiger partial charge in [-0.1, -0.05) is 92.8 Å². The van der Waals surface area contributed by atoms with Crippen molar-refractivity contribution in [2.24, 2.45) is 0 Å². The predicted molar refractivity (Wildman–Crippen MR) is 158 cm³/mol. The molecule has 21 heteroatoms. The van der Waals surface area contributed by atoms with Gasteiger partial charge in [-0.05, 0) is 0 Å². The van der Waals surface area contributed by atoms with Gasteiger partial charge in [-0.2, -0.15) is 0 Å². The van der Waals surface area contributed by atoms with E-state index < -0.39 is 132 Å². The van der Waals surface area contributed by atoms with Gasteiger partial charge in [0.2, 0.25) is 5.78 Å². The van der Waals surface area contributed by atoms with Gasteiger partial charge in [0, 0.05) is 11.1 Å². The quantitative estimate of drug-likeness (QED) is 0.159. The van der Waals surface area contributed by atoms with E-state index in [-0.39, 0.29) is 0 Å². The molecule has 0 saturated heterocycles. The number of carboxylic acid groups (broad SMARTS) is 6. The summed E-state index contributed by atoms with van der Waals surface area (Å²) in [5.74, 6) is -14.8. The number of carbonyl (C=O) groups excluding carboxylic acids is 1. The number of halogens is 8. The number of hydrogen-bond donors (Lipinski definition) is 6. The molecule has 6 N–H and O–H groups in total. The van der Waals surface area contributed by atoms with Gasteiger partial charge in [-0.25, -0.2) is 28.8 Å². The fourth-order valence-electron chi connectivity index (χ4n) is 4.48. The van der Waals surface area contributed by atoms with Crippen molar-refractivity contribution in [3.8, 4) is 0 Å². The SMILES string of the molecule is O=C(O)C1=C(Cl)C(c2c(Cl)c(C(=O)O)c(Cl)c(C(=O)O)c2Cl)(c2c(Cl)c(C(=O)O)c(Cl)c(C(=O)O)c2Cl)C(Cl)=C(C(=O)O)C1=O. The molecule has 2 aromatic carbocycles. The van der Waals surface area contributed by atoms with Gasteiger partial charge in [-0.3, -0.25) is 4.79 Å². The first-order valence-corrected chi connectivity index (χ1v) is 13.8. The van der Waals surface area contributed by atoms with Crippen LogP contribution in [0, 0.1) is 0 Å². The van der Waals surface area contributed by atoms with Crippen LogP contribution < -0.4 is 0 Å². The Morgan fingerprint density at radius 3 is 0.800 bits per heavy atom. The smallest absolute Gasteiger partial charge is 0.340 e.